The van der Waals surface area contributed by atoms with Crippen molar-refractivity contribution in [1.82, 2.24) is 10.3 Å². The van der Waals surface area contributed by atoms with Gasteiger partial charge in [-0.15, -0.1) is 0 Å². The number of nitrogens with zero attached hydrogens (tertiary/aromatic N) is 1. The van der Waals surface area contributed by atoms with Crippen molar-refractivity contribution >= 4 is 40.6 Å². The molecule has 0 saturated heterocycles. The number of ether oxygens (including phenoxy) is 3. The molecule has 9 nitrogen and oxygen atoms in total. The first-order valence-corrected chi connectivity index (χ1v) is 9.53. The summed E-state index contributed by atoms with van der Waals surface area (Å²) >= 11 is 6.27. The highest BCUT2D eigenvalue weighted by atomic mass is 35.5. The fraction of sp³-hybridized carbons (Fsp3) is 0.190. The van der Waals surface area contributed by atoms with E-state index in [9.17, 15) is 4.79 Å². The lowest BCUT2D eigenvalue weighted by molar-refractivity contribution is -0.106. The van der Waals surface area contributed by atoms with Crippen LogP contribution in [0, 0.1) is 0 Å². The summed E-state index contributed by atoms with van der Waals surface area (Å²) in [6.07, 6.45) is 1.90. The number of carbonyl (C=O) groups excluding carboxylic acids is 2. The Morgan fingerprint density at radius 2 is 1.81 bits per heavy atom. The summed E-state index contributed by atoms with van der Waals surface area (Å²) in [5, 5.41) is 6.46. The fourth-order valence-corrected chi connectivity index (χ4v) is 2.87. The number of nitrogens with two attached hydrogens (primary N) is 1. The van der Waals surface area contributed by atoms with Crippen LogP contribution in [0.5, 0.6) is 23.0 Å². The number of urea groups is 1. The summed E-state index contributed by atoms with van der Waals surface area (Å²) in [6.45, 7) is 2.36. The van der Waals surface area contributed by atoms with Gasteiger partial charge < -0.3 is 30.6 Å². The first-order valence-electron chi connectivity index (χ1n) is 9.15. The molecular formula is C21H23ClN4O5. The van der Waals surface area contributed by atoms with Crippen LogP contribution < -0.4 is 30.6 Å². The van der Waals surface area contributed by atoms with Crippen molar-refractivity contribution in [1.29, 1.82) is 0 Å². The third-order valence-corrected chi connectivity index (χ3v) is 4.27. The standard InChI is InChI=1S/C20H20ClN3O4.CH3NO/c1-4-22-20(25)24-15-6-5-12(9-14(15)21)28-17-7-8-23-16-11-19(27-3)18(26-2)10-13(16)17;2-1-3/h5-11H,4H2,1-3H3,(H2,22,24,25);1H,(H2,2,3). The topological polar surface area (TPSA) is 125 Å². The predicted molar refractivity (Wildman–Crippen MR) is 119 cm³/mol. The second-order valence-corrected chi connectivity index (χ2v) is 6.30. The van der Waals surface area contributed by atoms with Crippen LogP contribution in [0.2, 0.25) is 5.02 Å². The molecule has 0 aliphatic heterocycles. The maximum absolute atomic E-state index is 11.7. The minimum atomic E-state index is -0.320. The summed E-state index contributed by atoms with van der Waals surface area (Å²) in [5.74, 6) is 2.27. The third-order valence-electron chi connectivity index (χ3n) is 3.96. The monoisotopic (exact) mass is 446 g/mol. The van der Waals surface area contributed by atoms with Crippen LogP contribution in [0.1, 0.15) is 6.92 Å². The van der Waals surface area contributed by atoms with Crippen molar-refractivity contribution in [2.75, 3.05) is 26.1 Å². The number of pyridine rings is 1. The first-order chi connectivity index (χ1) is 15.0. The summed E-state index contributed by atoms with van der Waals surface area (Å²) in [5.41, 5.74) is 5.36. The molecule has 10 heteroatoms. The average Bonchev–Trinajstić information content (AvgIpc) is 2.75. The number of aromatic nitrogens is 1. The van der Waals surface area contributed by atoms with Gasteiger partial charge in [0, 0.05) is 30.3 Å². The van der Waals surface area contributed by atoms with E-state index in [-0.39, 0.29) is 12.4 Å². The van der Waals surface area contributed by atoms with Crippen molar-refractivity contribution in [2.24, 2.45) is 5.73 Å². The van der Waals surface area contributed by atoms with E-state index in [4.69, 9.17) is 30.6 Å². The van der Waals surface area contributed by atoms with Crippen molar-refractivity contribution in [3.8, 4) is 23.0 Å². The molecule has 0 atom stereocenters. The SMILES string of the molecule is CCNC(=O)Nc1ccc(Oc2ccnc3cc(OC)c(OC)cc23)cc1Cl.NC=O. The maximum atomic E-state index is 11.7. The molecule has 2 aromatic carbocycles. The third kappa shape index (κ3) is 6.13. The van der Waals surface area contributed by atoms with Crippen LogP contribution in [0.25, 0.3) is 10.9 Å². The molecule has 164 valence electrons. The Kier molecular flexibility index (Phi) is 8.71. The molecule has 0 spiro atoms. The van der Waals surface area contributed by atoms with E-state index >= 15 is 0 Å². The lowest BCUT2D eigenvalue weighted by Gasteiger charge is -2.13. The molecule has 0 unspecified atom stereocenters. The zero-order valence-corrected chi connectivity index (χ0v) is 18.0. The Hall–Kier alpha value is -3.72. The minimum absolute atomic E-state index is 0.250. The molecule has 0 bridgehead atoms. The molecule has 0 saturated carbocycles. The van der Waals surface area contributed by atoms with E-state index in [2.05, 4.69) is 21.4 Å². The van der Waals surface area contributed by atoms with Gasteiger partial charge >= 0.3 is 6.03 Å². The number of fused-ring (bicyclic) bond motifs is 1. The largest absolute Gasteiger partial charge is 0.493 e. The first kappa shape index (κ1) is 23.6. The molecular weight excluding hydrogens is 424 g/mol. The lowest BCUT2D eigenvalue weighted by Crippen LogP contribution is -2.28. The smallest absolute Gasteiger partial charge is 0.319 e. The maximum Gasteiger partial charge on any atom is 0.319 e. The number of hydrogen-bond donors (Lipinski definition) is 3. The van der Waals surface area contributed by atoms with Gasteiger partial charge in [0.05, 0.1) is 30.4 Å². The van der Waals surface area contributed by atoms with E-state index in [0.29, 0.717) is 45.8 Å². The van der Waals surface area contributed by atoms with Crippen LogP contribution in [-0.2, 0) is 4.79 Å². The number of halogens is 1. The highest BCUT2D eigenvalue weighted by Crippen LogP contribution is 2.37. The fourth-order valence-electron chi connectivity index (χ4n) is 2.65. The van der Waals surface area contributed by atoms with Crippen molar-refractivity contribution < 1.29 is 23.8 Å². The van der Waals surface area contributed by atoms with E-state index < -0.39 is 0 Å². The van der Waals surface area contributed by atoms with E-state index in [0.717, 1.165) is 5.39 Å². The van der Waals surface area contributed by atoms with Crippen LogP contribution in [-0.4, -0.2) is 38.2 Å². The molecule has 1 aromatic heterocycles. The van der Waals surface area contributed by atoms with Crippen molar-refractivity contribution in [3.05, 3.63) is 47.6 Å². The number of carbonyl (C=O) groups is 2. The van der Waals surface area contributed by atoms with Gasteiger partial charge in [-0.25, -0.2) is 4.79 Å². The molecule has 1 heterocycles. The molecule has 3 aromatic rings. The molecule has 4 N–H and O–H groups in total. The highest BCUT2D eigenvalue weighted by molar-refractivity contribution is 6.33. The second kappa shape index (κ2) is 11.5. The van der Waals surface area contributed by atoms with Crippen LogP contribution in [0.3, 0.4) is 0 Å². The Morgan fingerprint density at radius 3 is 2.42 bits per heavy atom. The van der Waals surface area contributed by atoms with Gasteiger partial charge in [-0.3, -0.25) is 9.78 Å². The van der Waals surface area contributed by atoms with E-state index in [1.54, 1.807) is 50.7 Å². The molecule has 0 aliphatic rings. The summed E-state index contributed by atoms with van der Waals surface area (Å²) < 4.78 is 16.7. The lowest BCUT2D eigenvalue weighted by atomic mass is 10.2. The molecule has 0 fully saturated rings. The zero-order chi connectivity index (χ0) is 22.8. The normalized spacial score (nSPS) is 9.81. The summed E-state index contributed by atoms with van der Waals surface area (Å²) in [7, 11) is 3.14. The number of primary amides is 1. The van der Waals surface area contributed by atoms with Gasteiger partial charge in [-0.1, -0.05) is 11.6 Å². The summed E-state index contributed by atoms with van der Waals surface area (Å²) in [6, 6.07) is 10.1. The average molecular weight is 447 g/mol. The Labute approximate surface area is 184 Å². The van der Waals surface area contributed by atoms with Gasteiger partial charge in [-0.05, 0) is 31.2 Å². The van der Waals surface area contributed by atoms with Gasteiger partial charge in [0.1, 0.15) is 11.5 Å². The number of nitrogens with one attached hydrogen (secondary N) is 2. The van der Waals surface area contributed by atoms with Gasteiger partial charge in [-0.2, -0.15) is 0 Å². The van der Waals surface area contributed by atoms with Crippen LogP contribution in [0.4, 0.5) is 10.5 Å². The highest BCUT2D eigenvalue weighted by Gasteiger charge is 2.12. The molecule has 0 aliphatic carbocycles. The van der Waals surface area contributed by atoms with Crippen LogP contribution >= 0.6 is 11.6 Å². The van der Waals surface area contributed by atoms with E-state index in [1.165, 1.54) is 0 Å². The molecule has 0 radical (unpaired) electrons. The number of anilines is 1. The number of methoxy groups -OCH3 is 2. The Bertz CT molecular complexity index is 1060. The van der Waals surface area contributed by atoms with Crippen molar-refractivity contribution in [2.45, 2.75) is 6.92 Å². The quantitative estimate of drug-likeness (QED) is 0.492. The number of rotatable bonds is 6. The van der Waals surface area contributed by atoms with Crippen molar-refractivity contribution in [3.63, 3.8) is 0 Å². The Balaban J connectivity index is 0.00000107. The molecule has 31 heavy (non-hydrogen) atoms. The molecule has 3 amide bonds. The minimum Gasteiger partial charge on any atom is -0.493 e. The molecule has 3 rings (SSSR count). The number of amides is 3. The summed E-state index contributed by atoms with van der Waals surface area (Å²) in [4.78, 5) is 24.6. The number of hydrogen-bond acceptors (Lipinski definition) is 6. The van der Waals surface area contributed by atoms with Gasteiger partial charge in [0.15, 0.2) is 11.5 Å². The zero-order valence-electron chi connectivity index (χ0n) is 17.3. The predicted octanol–water partition coefficient (Wildman–Crippen LogP) is 3.94. The second-order valence-electron chi connectivity index (χ2n) is 5.90. The van der Waals surface area contributed by atoms with E-state index in [1.807, 2.05) is 13.0 Å². The van der Waals surface area contributed by atoms with Crippen LogP contribution in [0.15, 0.2) is 42.6 Å². The van der Waals surface area contributed by atoms with Gasteiger partial charge in [0.25, 0.3) is 0 Å². The number of benzene rings is 2. The van der Waals surface area contributed by atoms with Gasteiger partial charge in [0.2, 0.25) is 6.41 Å². The Morgan fingerprint density at radius 1 is 1.13 bits per heavy atom.